The van der Waals surface area contributed by atoms with E-state index in [1.54, 1.807) is 6.08 Å². The van der Waals surface area contributed by atoms with E-state index in [4.69, 9.17) is 14.3 Å². The van der Waals surface area contributed by atoms with Gasteiger partial charge in [-0.1, -0.05) is 11.2 Å². The number of ketones is 1. The average Bonchev–Trinajstić information content (AvgIpc) is 3.58. The lowest BCUT2D eigenvalue weighted by atomic mass is 9.76. The zero-order valence-corrected chi connectivity index (χ0v) is 28.9. The Kier molecular flexibility index (Phi) is 10.6. The fourth-order valence-electron chi connectivity index (χ4n) is 4.96. The first-order valence-electron chi connectivity index (χ1n) is 12.8. The Labute approximate surface area is 275 Å². The number of aliphatic hydroxyl groups is 2. The van der Waals surface area contributed by atoms with Crippen LogP contribution >= 0.6 is 63.7 Å². The molecule has 42 heavy (non-hydrogen) atoms. The van der Waals surface area contributed by atoms with E-state index >= 15 is 0 Å². The molecule has 0 saturated heterocycles. The number of allylic oxidation sites excluding steroid dienone is 2. The molecule has 16 heteroatoms. The van der Waals surface area contributed by atoms with Crippen LogP contribution in [0.2, 0.25) is 0 Å². The largest absolute Gasteiger partial charge is 0.495 e. The van der Waals surface area contributed by atoms with Crippen molar-refractivity contribution in [2.24, 2.45) is 15.6 Å². The van der Waals surface area contributed by atoms with Crippen LogP contribution in [0.1, 0.15) is 25.7 Å². The number of nitrogens with zero attached hydrogens (tertiary/aromatic N) is 2. The van der Waals surface area contributed by atoms with Crippen LogP contribution in [0.4, 0.5) is 0 Å². The summed E-state index contributed by atoms with van der Waals surface area (Å²) in [7, 11) is 2.96. The van der Waals surface area contributed by atoms with E-state index in [0.717, 1.165) is 0 Å². The molecule has 0 aromatic rings. The molecule has 2 aliphatic heterocycles. The summed E-state index contributed by atoms with van der Waals surface area (Å²) >= 11 is 13.5. The van der Waals surface area contributed by atoms with Gasteiger partial charge in [-0.15, -0.1) is 0 Å². The molecule has 4 unspecified atom stereocenters. The number of methoxy groups -OCH3 is 2. The van der Waals surface area contributed by atoms with E-state index < -0.39 is 29.1 Å². The van der Waals surface area contributed by atoms with Gasteiger partial charge in [0.2, 0.25) is 0 Å². The zero-order valence-electron chi connectivity index (χ0n) is 22.5. The summed E-state index contributed by atoms with van der Waals surface area (Å²) < 4.78 is 12.6. The van der Waals surface area contributed by atoms with Crippen molar-refractivity contribution in [2.75, 3.05) is 33.9 Å². The number of ether oxygens (including phenoxy) is 2. The second-order valence-corrected chi connectivity index (χ2v) is 13.5. The van der Waals surface area contributed by atoms with Crippen molar-refractivity contribution in [1.82, 2.24) is 10.6 Å². The Hall–Kier alpha value is -1.85. The Balaban J connectivity index is 1.18. The highest BCUT2D eigenvalue weighted by Gasteiger charge is 2.51. The molecule has 4 rings (SSSR count). The van der Waals surface area contributed by atoms with Gasteiger partial charge in [-0.3, -0.25) is 19.4 Å². The smallest absolute Gasteiger partial charge is 0.269 e. The highest BCUT2D eigenvalue weighted by Crippen LogP contribution is 2.47. The third kappa shape index (κ3) is 6.48. The van der Waals surface area contributed by atoms with Crippen molar-refractivity contribution in [3.63, 3.8) is 0 Å². The highest BCUT2D eigenvalue weighted by atomic mass is 79.9. The third-order valence-corrected chi connectivity index (χ3v) is 10.0. The van der Waals surface area contributed by atoms with Crippen molar-refractivity contribution in [1.29, 1.82) is 0 Å². The number of carbonyl (C=O) groups is 3. The van der Waals surface area contributed by atoms with Gasteiger partial charge in [-0.05, 0) is 76.2 Å². The topological polar surface area (TPSA) is 168 Å². The molecule has 2 amide bonds. The van der Waals surface area contributed by atoms with E-state index in [1.165, 1.54) is 14.2 Å². The van der Waals surface area contributed by atoms with Crippen LogP contribution in [0.15, 0.2) is 51.7 Å². The molecule has 2 heterocycles. The number of hydrogen-bond donors (Lipinski definition) is 4. The lowest BCUT2D eigenvalue weighted by Gasteiger charge is -2.35. The van der Waals surface area contributed by atoms with Gasteiger partial charge in [0.05, 0.1) is 45.2 Å². The maximum Gasteiger partial charge on any atom is 0.269 e. The molecule has 0 aromatic heterocycles. The maximum absolute atomic E-state index is 12.7. The molecule has 4 N–H and O–H groups in total. The highest BCUT2D eigenvalue weighted by molar-refractivity contribution is 9.12. The molecule has 0 radical (unpaired) electrons. The fraction of sp³-hybridized carbons (Fsp3) is 0.500. The number of carbonyl (C=O) groups excluding carboxylic acids is 3. The predicted molar refractivity (Wildman–Crippen MR) is 167 cm³/mol. The van der Waals surface area contributed by atoms with Gasteiger partial charge < -0.3 is 35.2 Å². The van der Waals surface area contributed by atoms with E-state index in [-0.39, 0.29) is 56.3 Å². The lowest BCUT2D eigenvalue weighted by molar-refractivity contribution is -0.122. The van der Waals surface area contributed by atoms with Gasteiger partial charge in [0.25, 0.3) is 11.8 Å². The molecule has 0 aromatic carbocycles. The summed E-state index contributed by atoms with van der Waals surface area (Å²) in [6.07, 6.45) is 2.04. The molecule has 228 valence electrons. The summed E-state index contributed by atoms with van der Waals surface area (Å²) in [4.78, 5) is 47.5. The Morgan fingerprint density at radius 2 is 1.57 bits per heavy atom. The van der Waals surface area contributed by atoms with E-state index in [1.807, 2.05) is 6.08 Å². The molecule has 2 spiro atoms. The molecule has 12 nitrogen and oxygen atoms in total. The van der Waals surface area contributed by atoms with Crippen LogP contribution in [0.25, 0.3) is 0 Å². The number of hydrogen-bond acceptors (Lipinski definition) is 10. The van der Waals surface area contributed by atoms with Gasteiger partial charge in [0.15, 0.2) is 11.4 Å². The van der Waals surface area contributed by atoms with E-state index in [9.17, 15) is 24.6 Å². The van der Waals surface area contributed by atoms with Gasteiger partial charge in [-0.2, -0.15) is 0 Å². The lowest BCUT2D eigenvalue weighted by Crippen LogP contribution is -2.45. The first-order chi connectivity index (χ1) is 19.9. The van der Waals surface area contributed by atoms with Crippen molar-refractivity contribution < 1.29 is 38.9 Å². The number of oxime groups is 1. The normalized spacial score (nSPS) is 28.7. The molecule has 0 fully saturated rings. The minimum Gasteiger partial charge on any atom is -0.495 e. The summed E-state index contributed by atoms with van der Waals surface area (Å²) in [6.45, 7) is 0.249. The molecule has 4 aliphatic rings. The van der Waals surface area contributed by atoms with Gasteiger partial charge in [-0.25, -0.2) is 0 Å². The van der Waals surface area contributed by atoms with Crippen molar-refractivity contribution in [3.8, 4) is 0 Å². The summed E-state index contributed by atoms with van der Waals surface area (Å²) in [5.41, 5.74) is -1.71. The number of aliphatic hydroxyl groups excluding tert-OH is 2. The molecule has 4 atom stereocenters. The molecule has 0 saturated carbocycles. The molecular formula is C26H28Br4N4O8. The van der Waals surface area contributed by atoms with E-state index in [0.29, 0.717) is 41.6 Å². The minimum atomic E-state index is -1.29. The number of amides is 2. The molecule has 2 aliphatic carbocycles. The monoisotopic (exact) mass is 840 g/mol. The number of rotatable bonds is 10. The molecular weight excluding hydrogens is 816 g/mol. The molecule has 0 bridgehead atoms. The number of Topliss-reactive ketones (excluding diaryl/α,β-unsaturated/α-hetero) is 1. The maximum atomic E-state index is 12.7. The van der Waals surface area contributed by atoms with E-state index in [2.05, 4.69) is 84.5 Å². The van der Waals surface area contributed by atoms with Crippen LogP contribution in [-0.4, -0.2) is 90.9 Å². The Bertz CT molecular complexity index is 1370. The van der Waals surface area contributed by atoms with Crippen LogP contribution in [0, 0.1) is 5.41 Å². The Morgan fingerprint density at radius 3 is 2.24 bits per heavy atom. The SMILES string of the molecule is COC1=C(Br)C(O)C2(C=C1Br)CN=C(C(=O)NCCCC(=O)CNC(=O)C1=NOC3(C=C(Br)C(OC)=C(Br)C3O)C1)C2. The quantitative estimate of drug-likeness (QED) is 0.244. The van der Waals surface area contributed by atoms with Gasteiger partial charge in [0.1, 0.15) is 35.1 Å². The van der Waals surface area contributed by atoms with Crippen LogP contribution in [0.5, 0.6) is 0 Å². The van der Waals surface area contributed by atoms with Crippen molar-refractivity contribution in [2.45, 2.75) is 43.5 Å². The second-order valence-electron chi connectivity index (χ2n) is 10.1. The first kappa shape index (κ1) is 33.1. The van der Waals surface area contributed by atoms with Crippen LogP contribution in [-0.2, 0) is 28.7 Å². The number of halogens is 4. The minimum absolute atomic E-state index is 0.0167. The van der Waals surface area contributed by atoms with Gasteiger partial charge in [0, 0.05) is 31.2 Å². The zero-order chi connectivity index (χ0) is 30.8. The fourth-order valence-corrected chi connectivity index (χ4v) is 8.68. The van der Waals surface area contributed by atoms with Crippen LogP contribution < -0.4 is 10.6 Å². The van der Waals surface area contributed by atoms with Gasteiger partial charge >= 0.3 is 0 Å². The summed E-state index contributed by atoms with van der Waals surface area (Å²) in [6, 6.07) is 0. The summed E-state index contributed by atoms with van der Waals surface area (Å²) in [5.74, 6) is -0.288. The Morgan fingerprint density at radius 1 is 0.952 bits per heavy atom. The number of aliphatic imine (C=N–C) groups is 1. The van der Waals surface area contributed by atoms with Crippen LogP contribution in [0.3, 0.4) is 0 Å². The summed E-state index contributed by atoms with van der Waals surface area (Å²) in [5, 5.41) is 30.7. The third-order valence-electron chi connectivity index (χ3n) is 7.27. The number of nitrogens with one attached hydrogen (secondary N) is 2. The second kappa shape index (κ2) is 13.4. The average molecular weight is 844 g/mol. The van der Waals surface area contributed by atoms with Crippen molar-refractivity contribution >= 4 is 92.7 Å². The first-order valence-corrected chi connectivity index (χ1v) is 15.9. The standard InChI is InChI=1S/C26H28Br4N4O8/c1-40-19-13(27)6-25(21(36)17(19)29)8-15(33-11-25)23(38)31-5-3-4-12(35)10-32-24(39)16-9-26(42-34-16)7-14(28)20(41-2)18(30)22(26)37/h6-7,21-22,36-37H,3-5,8-11H2,1-2H3,(H,31,38)(H,32,39). The predicted octanol–water partition coefficient (Wildman–Crippen LogP) is 2.73. The van der Waals surface area contributed by atoms with Crippen molar-refractivity contribution in [3.05, 3.63) is 41.6 Å².